The molecule has 0 unspecified atom stereocenters. The average Bonchev–Trinajstić information content (AvgIpc) is 3.04. The molecule has 1 aliphatic heterocycles. The molecule has 2 heterocycles. The minimum atomic E-state index is -0.364. The third kappa shape index (κ3) is 3.68. The standard InChI is InChI=1S/C14H9ClN2O3S2/c15-13-16-6-10(21-13)7-20-9-3-1-8(2-4-9)5-11-12(18)17-14(19)22-11/h1-6H,7H2,(H,17,18,19)/b11-5+. The number of carbonyl (C=O) groups excluding carboxylic acids is 2. The van der Waals surface area contributed by atoms with E-state index in [-0.39, 0.29) is 11.1 Å². The van der Waals surface area contributed by atoms with Crippen LogP contribution in [-0.2, 0) is 11.4 Å². The largest absolute Gasteiger partial charge is 0.488 e. The highest BCUT2D eigenvalue weighted by Crippen LogP contribution is 2.26. The van der Waals surface area contributed by atoms with Crippen molar-refractivity contribution in [1.29, 1.82) is 0 Å². The van der Waals surface area contributed by atoms with Crippen LogP contribution in [-0.4, -0.2) is 16.1 Å². The van der Waals surface area contributed by atoms with Crippen molar-refractivity contribution in [3.05, 3.63) is 50.3 Å². The SMILES string of the molecule is O=C1NC(=O)/C(=C\c2ccc(OCc3cnc(Cl)s3)cc2)S1. The minimum Gasteiger partial charge on any atom is -0.488 e. The number of benzene rings is 1. The van der Waals surface area contributed by atoms with Gasteiger partial charge in [0.05, 0.1) is 9.78 Å². The fraction of sp³-hybridized carbons (Fsp3) is 0.0714. The first kappa shape index (κ1) is 15.1. The second-order valence-corrected chi connectivity index (χ2v) is 7.00. The van der Waals surface area contributed by atoms with Gasteiger partial charge in [0.25, 0.3) is 11.1 Å². The molecule has 5 nitrogen and oxygen atoms in total. The molecular formula is C14H9ClN2O3S2. The molecule has 1 N–H and O–H groups in total. The monoisotopic (exact) mass is 352 g/mol. The Bertz CT molecular complexity index is 756. The summed E-state index contributed by atoms with van der Waals surface area (Å²) in [6.07, 6.45) is 3.34. The molecule has 22 heavy (non-hydrogen) atoms. The summed E-state index contributed by atoms with van der Waals surface area (Å²) in [4.78, 5) is 27.8. The van der Waals surface area contributed by atoms with Crippen LogP contribution in [0.15, 0.2) is 35.4 Å². The van der Waals surface area contributed by atoms with E-state index in [2.05, 4.69) is 10.3 Å². The maximum absolute atomic E-state index is 11.5. The predicted octanol–water partition coefficient (Wildman–Crippen LogP) is 3.70. The average molecular weight is 353 g/mol. The maximum atomic E-state index is 11.5. The van der Waals surface area contributed by atoms with Crippen LogP contribution < -0.4 is 10.1 Å². The summed E-state index contributed by atoms with van der Waals surface area (Å²) in [5.41, 5.74) is 0.820. The molecule has 3 rings (SSSR count). The summed E-state index contributed by atoms with van der Waals surface area (Å²) >= 11 is 8.02. The number of hydrogen-bond donors (Lipinski definition) is 1. The lowest BCUT2D eigenvalue weighted by Crippen LogP contribution is -2.17. The molecule has 1 aromatic carbocycles. The van der Waals surface area contributed by atoms with E-state index in [1.165, 1.54) is 11.3 Å². The zero-order valence-corrected chi connectivity index (χ0v) is 13.4. The van der Waals surface area contributed by atoms with Crippen LogP contribution in [0.1, 0.15) is 10.4 Å². The number of aromatic nitrogens is 1. The highest BCUT2D eigenvalue weighted by atomic mass is 35.5. The van der Waals surface area contributed by atoms with E-state index in [4.69, 9.17) is 16.3 Å². The van der Waals surface area contributed by atoms with E-state index < -0.39 is 0 Å². The number of imide groups is 1. The smallest absolute Gasteiger partial charge is 0.290 e. The van der Waals surface area contributed by atoms with Gasteiger partial charge in [0.2, 0.25) is 0 Å². The van der Waals surface area contributed by atoms with Crippen molar-refractivity contribution in [3.8, 4) is 5.75 Å². The zero-order chi connectivity index (χ0) is 15.5. The summed E-state index contributed by atoms with van der Waals surface area (Å²) < 4.78 is 6.11. The Balaban J connectivity index is 1.64. The van der Waals surface area contributed by atoms with Crippen LogP contribution in [0, 0.1) is 0 Å². The number of thiazole rings is 1. The van der Waals surface area contributed by atoms with Crippen molar-refractivity contribution < 1.29 is 14.3 Å². The normalized spacial score (nSPS) is 16.1. The lowest BCUT2D eigenvalue weighted by Gasteiger charge is -2.04. The molecule has 112 valence electrons. The summed E-state index contributed by atoms with van der Waals surface area (Å²) in [6, 6.07) is 7.24. The molecule has 1 saturated heterocycles. The highest BCUT2D eigenvalue weighted by Gasteiger charge is 2.24. The Hall–Kier alpha value is -1.83. The van der Waals surface area contributed by atoms with Crippen LogP contribution in [0.3, 0.4) is 0 Å². The van der Waals surface area contributed by atoms with Gasteiger partial charge in [0.15, 0.2) is 4.47 Å². The Morgan fingerprint density at radius 2 is 2.05 bits per heavy atom. The van der Waals surface area contributed by atoms with Crippen LogP contribution in [0.25, 0.3) is 6.08 Å². The molecule has 0 saturated carbocycles. The first-order valence-corrected chi connectivity index (χ1v) is 8.19. The molecular weight excluding hydrogens is 344 g/mol. The molecule has 0 radical (unpaired) electrons. The molecule has 0 aliphatic carbocycles. The van der Waals surface area contributed by atoms with Gasteiger partial charge in [-0.25, -0.2) is 4.98 Å². The molecule has 1 aromatic heterocycles. The van der Waals surface area contributed by atoms with Crippen molar-refractivity contribution in [2.75, 3.05) is 0 Å². The predicted molar refractivity (Wildman–Crippen MR) is 87.0 cm³/mol. The molecule has 2 aromatic rings. The Morgan fingerprint density at radius 3 is 2.64 bits per heavy atom. The molecule has 8 heteroatoms. The number of hydrogen-bond acceptors (Lipinski definition) is 6. The van der Waals surface area contributed by atoms with E-state index in [1.54, 1.807) is 24.4 Å². The third-order valence-electron chi connectivity index (χ3n) is 2.73. The lowest BCUT2D eigenvalue weighted by atomic mass is 10.2. The van der Waals surface area contributed by atoms with Crippen LogP contribution in [0.2, 0.25) is 4.47 Å². The topological polar surface area (TPSA) is 68.3 Å². The molecule has 0 atom stereocenters. The molecule has 1 fully saturated rings. The van der Waals surface area contributed by atoms with Gasteiger partial charge in [-0.15, -0.1) is 11.3 Å². The van der Waals surface area contributed by atoms with E-state index in [1.807, 2.05) is 12.1 Å². The van der Waals surface area contributed by atoms with E-state index in [0.717, 1.165) is 22.2 Å². The molecule has 0 spiro atoms. The second-order valence-electron chi connectivity index (χ2n) is 4.29. The minimum absolute atomic E-state index is 0.348. The summed E-state index contributed by atoms with van der Waals surface area (Å²) in [7, 11) is 0. The van der Waals surface area contributed by atoms with Gasteiger partial charge in [-0.2, -0.15) is 0 Å². The first-order chi connectivity index (χ1) is 10.6. The number of amides is 2. The van der Waals surface area contributed by atoms with E-state index >= 15 is 0 Å². The van der Waals surface area contributed by atoms with Crippen LogP contribution in [0.5, 0.6) is 5.75 Å². The van der Waals surface area contributed by atoms with Crippen LogP contribution in [0.4, 0.5) is 4.79 Å². The highest BCUT2D eigenvalue weighted by molar-refractivity contribution is 8.18. The summed E-state index contributed by atoms with van der Waals surface area (Å²) in [5, 5.41) is 1.87. The zero-order valence-electron chi connectivity index (χ0n) is 11.0. The number of thioether (sulfide) groups is 1. The van der Waals surface area contributed by atoms with Gasteiger partial charge >= 0.3 is 0 Å². The second kappa shape index (κ2) is 6.51. The number of carbonyl (C=O) groups is 2. The molecule has 2 amide bonds. The fourth-order valence-corrected chi connectivity index (χ4v) is 3.31. The summed E-state index contributed by atoms with van der Waals surface area (Å²) in [6.45, 7) is 0.400. The quantitative estimate of drug-likeness (QED) is 0.850. The van der Waals surface area contributed by atoms with Gasteiger partial charge in [-0.05, 0) is 35.5 Å². The van der Waals surface area contributed by atoms with Gasteiger partial charge < -0.3 is 4.74 Å². The third-order valence-corrected chi connectivity index (χ3v) is 4.63. The van der Waals surface area contributed by atoms with Gasteiger partial charge in [-0.1, -0.05) is 23.7 Å². The Morgan fingerprint density at radius 1 is 1.27 bits per heavy atom. The Labute approximate surface area is 139 Å². The first-order valence-electron chi connectivity index (χ1n) is 6.18. The summed E-state index contributed by atoms with van der Waals surface area (Å²) in [5.74, 6) is 0.337. The number of nitrogens with one attached hydrogen (secondary N) is 1. The molecule has 0 bridgehead atoms. The van der Waals surface area contributed by atoms with Crippen molar-refractivity contribution >= 4 is 51.9 Å². The van der Waals surface area contributed by atoms with Gasteiger partial charge in [0, 0.05) is 6.20 Å². The lowest BCUT2D eigenvalue weighted by molar-refractivity contribution is -0.115. The fourth-order valence-electron chi connectivity index (χ4n) is 1.74. The van der Waals surface area contributed by atoms with Gasteiger partial charge in [-0.3, -0.25) is 14.9 Å². The Kier molecular flexibility index (Phi) is 4.47. The van der Waals surface area contributed by atoms with E-state index in [0.29, 0.717) is 21.7 Å². The van der Waals surface area contributed by atoms with Crippen molar-refractivity contribution in [1.82, 2.24) is 10.3 Å². The van der Waals surface area contributed by atoms with Gasteiger partial charge in [0.1, 0.15) is 12.4 Å². The number of ether oxygens (including phenoxy) is 1. The number of rotatable bonds is 4. The molecule has 1 aliphatic rings. The van der Waals surface area contributed by atoms with Crippen molar-refractivity contribution in [2.45, 2.75) is 6.61 Å². The maximum Gasteiger partial charge on any atom is 0.290 e. The number of halogens is 1. The van der Waals surface area contributed by atoms with E-state index in [9.17, 15) is 9.59 Å². The number of nitrogens with zero attached hydrogens (tertiary/aromatic N) is 1. The van der Waals surface area contributed by atoms with Crippen LogP contribution >= 0.6 is 34.7 Å². The van der Waals surface area contributed by atoms with Crippen molar-refractivity contribution in [3.63, 3.8) is 0 Å². The van der Waals surface area contributed by atoms with Crippen molar-refractivity contribution in [2.24, 2.45) is 0 Å².